The molecule has 2 rings (SSSR count). The van der Waals surface area contributed by atoms with E-state index in [1.807, 2.05) is 0 Å². The number of rotatable bonds is 5. The third-order valence-corrected chi connectivity index (χ3v) is 4.72. The Balaban J connectivity index is 1.77. The van der Waals surface area contributed by atoms with Gasteiger partial charge in [-0.3, -0.25) is 0 Å². The standard InChI is InChI=1S/C10H18N2O2S/c1-9(7-11-10-3-4-10)8-12-5-2-6-15(12,13)14/h10-11H,1-8H2. The predicted octanol–water partition coefficient (Wildman–Crippen LogP) is 0.330. The molecule has 4 nitrogen and oxygen atoms in total. The van der Waals surface area contributed by atoms with Crippen molar-refractivity contribution in [3.05, 3.63) is 12.2 Å². The Kier molecular flexibility index (Phi) is 3.13. The van der Waals surface area contributed by atoms with E-state index in [1.165, 1.54) is 12.8 Å². The fraction of sp³-hybridized carbons (Fsp3) is 0.800. The van der Waals surface area contributed by atoms with Gasteiger partial charge < -0.3 is 5.32 Å². The van der Waals surface area contributed by atoms with E-state index in [9.17, 15) is 8.42 Å². The topological polar surface area (TPSA) is 49.4 Å². The average molecular weight is 230 g/mol. The van der Waals surface area contributed by atoms with Crippen LogP contribution in [0.25, 0.3) is 0 Å². The van der Waals surface area contributed by atoms with Gasteiger partial charge in [0.05, 0.1) is 5.75 Å². The van der Waals surface area contributed by atoms with E-state index in [0.717, 1.165) is 18.5 Å². The van der Waals surface area contributed by atoms with Crippen LogP contribution >= 0.6 is 0 Å². The van der Waals surface area contributed by atoms with Gasteiger partial charge in [-0.1, -0.05) is 6.58 Å². The molecular formula is C10H18N2O2S. The van der Waals surface area contributed by atoms with Gasteiger partial charge in [0, 0.05) is 25.7 Å². The van der Waals surface area contributed by atoms with E-state index in [2.05, 4.69) is 11.9 Å². The summed E-state index contributed by atoms with van der Waals surface area (Å²) in [6.45, 7) is 5.81. The average Bonchev–Trinajstić information content (AvgIpc) is 2.91. The van der Waals surface area contributed by atoms with Gasteiger partial charge in [0.2, 0.25) is 10.0 Å². The Hall–Kier alpha value is -0.390. The molecule has 0 unspecified atom stereocenters. The minimum absolute atomic E-state index is 0.302. The number of sulfonamides is 1. The number of hydrogen-bond donors (Lipinski definition) is 1. The molecule has 0 aromatic rings. The highest BCUT2D eigenvalue weighted by Gasteiger charge is 2.28. The third kappa shape index (κ3) is 3.03. The number of nitrogens with zero attached hydrogens (tertiary/aromatic N) is 1. The monoisotopic (exact) mass is 230 g/mol. The first-order valence-electron chi connectivity index (χ1n) is 5.46. The van der Waals surface area contributed by atoms with Crippen LogP contribution in [0, 0.1) is 0 Å². The first-order chi connectivity index (χ1) is 7.08. The molecule has 1 aliphatic carbocycles. The summed E-state index contributed by atoms with van der Waals surface area (Å²) < 4.78 is 24.6. The largest absolute Gasteiger partial charge is 0.310 e. The van der Waals surface area contributed by atoms with Gasteiger partial charge in [-0.05, 0) is 24.8 Å². The second-order valence-corrected chi connectivity index (χ2v) is 6.50. The van der Waals surface area contributed by atoms with Crippen molar-refractivity contribution in [1.29, 1.82) is 0 Å². The van der Waals surface area contributed by atoms with Crippen molar-refractivity contribution in [2.45, 2.75) is 25.3 Å². The molecule has 0 spiro atoms. The van der Waals surface area contributed by atoms with Crippen molar-refractivity contribution in [1.82, 2.24) is 9.62 Å². The van der Waals surface area contributed by atoms with Crippen LogP contribution in [-0.4, -0.2) is 44.2 Å². The maximum atomic E-state index is 11.5. The van der Waals surface area contributed by atoms with Gasteiger partial charge in [-0.2, -0.15) is 4.31 Å². The van der Waals surface area contributed by atoms with Crippen LogP contribution in [0.2, 0.25) is 0 Å². The van der Waals surface area contributed by atoms with Crippen LogP contribution < -0.4 is 5.32 Å². The molecule has 1 saturated heterocycles. The highest BCUT2D eigenvalue weighted by atomic mass is 32.2. The maximum Gasteiger partial charge on any atom is 0.214 e. The Morgan fingerprint density at radius 2 is 2.20 bits per heavy atom. The molecule has 0 bridgehead atoms. The normalized spacial score (nSPS) is 25.6. The van der Waals surface area contributed by atoms with Crippen molar-refractivity contribution in [3.63, 3.8) is 0 Å². The van der Waals surface area contributed by atoms with Crippen molar-refractivity contribution >= 4 is 10.0 Å². The molecular weight excluding hydrogens is 212 g/mol. The summed E-state index contributed by atoms with van der Waals surface area (Å²) in [4.78, 5) is 0. The second kappa shape index (κ2) is 4.23. The van der Waals surface area contributed by atoms with Gasteiger partial charge in [-0.25, -0.2) is 8.42 Å². The van der Waals surface area contributed by atoms with Crippen LogP contribution in [0.3, 0.4) is 0 Å². The van der Waals surface area contributed by atoms with Crippen molar-refractivity contribution in [3.8, 4) is 0 Å². The van der Waals surface area contributed by atoms with E-state index < -0.39 is 10.0 Å². The second-order valence-electron chi connectivity index (χ2n) is 4.41. The zero-order valence-corrected chi connectivity index (χ0v) is 9.72. The molecule has 0 atom stereocenters. The van der Waals surface area contributed by atoms with Crippen LogP contribution in [0.4, 0.5) is 0 Å². The minimum atomic E-state index is -2.96. The summed E-state index contributed by atoms with van der Waals surface area (Å²) >= 11 is 0. The van der Waals surface area contributed by atoms with E-state index in [-0.39, 0.29) is 0 Å². The molecule has 0 radical (unpaired) electrons. The fourth-order valence-electron chi connectivity index (χ4n) is 1.75. The lowest BCUT2D eigenvalue weighted by Crippen LogP contribution is -2.31. The van der Waals surface area contributed by atoms with Crippen molar-refractivity contribution < 1.29 is 8.42 Å². The van der Waals surface area contributed by atoms with E-state index in [1.54, 1.807) is 4.31 Å². The smallest absolute Gasteiger partial charge is 0.214 e. The Labute approximate surface area is 91.4 Å². The Morgan fingerprint density at radius 1 is 1.47 bits per heavy atom. The van der Waals surface area contributed by atoms with E-state index in [0.29, 0.717) is 24.9 Å². The van der Waals surface area contributed by atoms with Gasteiger partial charge in [0.25, 0.3) is 0 Å². The van der Waals surface area contributed by atoms with Crippen LogP contribution in [0.5, 0.6) is 0 Å². The lowest BCUT2D eigenvalue weighted by molar-refractivity contribution is 0.466. The summed E-state index contributed by atoms with van der Waals surface area (Å²) in [5.74, 6) is 0.302. The first kappa shape index (κ1) is 11.1. The summed E-state index contributed by atoms with van der Waals surface area (Å²) in [6, 6.07) is 0.650. The van der Waals surface area contributed by atoms with Crippen LogP contribution in [-0.2, 0) is 10.0 Å². The molecule has 0 aromatic carbocycles. The van der Waals surface area contributed by atoms with Crippen LogP contribution in [0.1, 0.15) is 19.3 Å². The van der Waals surface area contributed by atoms with E-state index in [4.69, 9.17) is 0 Å². The van der Waals surface area contributed by atoms with Crippen LogP contribution in [0.15, 0.2) is 12.2 Å². The SMILES string of the molecule is C=C(CNC1CC1)CN1CCCS1(=O)=O. The van der Waals surface area contributed by atoms with Gasteiger partial charge in [-0.15, -0.1) is 0 Å². The molecule has 1 aliphatic heterocycles. The van der Waals surface area contributed by atoms with Gasteiger partial charge >= 0.3 is 0 Å². The predicted molar refractivity (Wildman–Crippen MR) is 60.1 cm³/mol. The van der Waals surface area contributed by atoms with E-state index >= 15 is 0 Å². The van der Waals surface area contributed by atoms with Gasteiger partial charge in [0.15, 0.2) is 0 Å². The molecule has 2 aliphatic rings. The summed E-state index contributed by atoms with van der Waals surface area (Å²) in [6.07, 6.45) is 3.25. The first-order valence-corrected chi connectivity index (χ1v) is 7.07. The molecule has 86 valence electrons. The highest BCUT2D eigenvalue weighted by Crippen LogP contribution is 2.19. The lowest BCUT2D eigenvalue weighted by Gasteiger charge is -2.16. The Bertz CT molecular complexity index is 346. The molecule has 0 aromatic heterocycles. The number of hydrogen-bond acceptors (Lipinski definition) is 3. The molecule has 1 heterocycles. The number of nitrogens with one attached hydrogen (secondary N) is 1. The quantitative estimate of drug-likeness (QED) is 0.692. The third-order valence-electron chi connectivity index (χ3n) is 2.82. The summed E-state index contributed by atoms with van der Waals surface area (Å²) in [5, 5.41) is 3.34. The maximum absolute atomic E-state index is 11.5. The lowest BCUT2D eigenvalue weighted by atomic mass is 10.3. The Morgan fingerprint density at radius 3 is 2.73 bits per heavy atom. The minimum Gasteiger partial charge on any atom is -0.310 e. The molecule has 1 saturated carbocycles. The molecule has 5 heteroatoms. The molecule has 2 fully saturated rings. The zero-order chi connectivity index (χ0) is 10.9. The van der Waals surface area contributed by atoms with Crippen molar-refractivity contribution in [2.24, 2.45) is 0 Å². The summed E-state index contributed by atoms with van der Waals surface area (Å²) in [5.41, 5.74) is 0.965. The molecule has 0 amide bonds. The zero-order valence-electron chi connectivity index (χ0n) is 8.91. The van der Waals surface area contributed by atoms with Crippen molar-refractivity contribution in [2.75, 3.05) is 25.4 Å². The van der Waals surface area contributed by atoms with Gasteiger partial charge in [0.1, 0.15) is 0 Å². The molecule has 1 N–H and O–H groups in total. The summed E-state index contributed by atoms with van der Waals surface area (Å²) in [7, 11) is -2.96. The highest BCUT2D eigenvalue weighted by molar-refractivity contribution is 7.89. The molecule has 15 heavy (non-hydrogen) atoms. The fourth-order valence-corrected chi connectivity index (χ4v) is 3.29.